The lowest BCUT2D eigenvalue weighted by Crippen LogP contribution is -2.46. The Morgan fingerprint density at radius 3 is 2.53 bits per heavy atom. The monoisotopic (exact) mass is 514 g/mol. The first-order chi connectivity index (χ1) is 17.3. The highest BCUT2D eigenvalue weighted by Gasteiger charge is 2.33. The van der Waals surface area contributed by atoms with Crippen molar-refractivity contribution in [1.29, 1.82) is 0 Å². The Morgan fingerprint density at radius 2 is 1.83 bits per heavy atom. The van der Waals surface area contributed by atoms with E-state index in [0.29, 0.717) is 39.3 Å². The zero-order chi connectivity index (χ0) is 26.2. The number of thiocarbonyl (C=S) groups is 1. The van der Waals surface area contributed by atoms with Crippen molar-refractivity contribution in [3.63, 3.8) is 0 Å². The molecule has 3 rings (SSSR count). The molecule has 2 amide bonds. The Bertz CT molecular complexity index is 1170. The fourth-order valence-electron chi connectivity index (χ4n) is 3.63. The number of esters is 1. The van der Waals surface area contributed by atoms with Crippen LogP contribution >= 0.6 is 12.2 Å². The number of anilines is 2. The first-order valence-corrected chi connectivity index (χ1v) is 11.5. The predicted octanol–water partition coefficient (Wildman–Crippen LogP) is 3.67. The number of ether oxygens (including phenoxy) is 4. The van der Waals surface area contributed by atoms with E-state index >= 15 is 0 Å². The van der Waals surface area contributed by atoms with Crippen LogP contribution in [0.15, 0.2) is 53.7 Å². The minimum Gasteiger partial charge on any atom is -0.497 e. The molecule has 0 radical (unpaired) electrons. The fourth-order valence-corrected chi connectivity index (χ4v) is 3.88. The van der Waals surface area contributed by atoms with Crippen molar-refractivity contribution in [2.24, 2.45) is 0 Å². The number of amides is 2. The quantitative estimate of drug-likeness (QED) is 0.262. The van der Waals surface area contributed by atoms with E-state index in [1.54, 1.807) is 55.5 Å². The summed E-state index contributed by atoms with van der Waals surface area (Å²) in [5, 5.41) is 9.23. The van der Waals surface area contributed by atoms with Crippen LogP contribution in [0.2, 0.25) is 0 Å². The van der Waals surface area contributed by atoms with Gasteiger partial charge in [-0.25, -0.2) is 9.59 Å². The van der Waals surface area contributed by atoms with Crippen LogP contribution in [0.4, 0.5) is 16.2 Å². The lowest BCUT2D eigenvalue weighted by atomic mass is 9.95. The van der Waals surface area contributed by atoms with Gasteiger partial charge < -0.3 is 39.8 Å². The second-order valence-corrected chi connectivity index (χ2v) is 8.23. The van der Waals surface area contributed by atoms with Crippen LogP contribution in [-0.4, -0.2) is 63.6 Å². The number of methoxy groups -OCH3 is 3. The van der Waals surface area contributed by atoms with Crippen LogP contribution in [0.5, 0.6) is 11.5 Å². The minimum atomic E-state index is -0.560. The molecule has 0 aromatic heterocycles. The number of allylic oxidation sites excluding steroid dienone is 1. The molecule has 2 aromatic rings. The number of carbonyl (C=O) groups excluding carboxylic acids is 2. The lowest BCUT2D eigenvalue weighted by Gasteiger charge is -2.35. The van der Waals surface area contributed by atoms with Gasteiger partial charge in [-0.3, -0.25) is 0 Å². The summed E-state index contributed by atoms with van der Waals surface area (Å²) < 4.78 is 20.9. The lowest BCUT2D eigenvalue weighted by molar-refractivity contribution is -0.140. The van der Waals surface area contributed by atoms with Crippen molar-refractivity contribution < 1.29 is 28.5 Å². The van der Waals surface area contributed by atoms with E-state index in [9.17, 15) is 9.59 Å². The molecule has 1 aliphatic heterocycles. The van der Waals surface area contributed by atoms with Gasteiger partial charge in [0.2, 0.25) is 0 Å². The van der Waals surface area contributed by atoms with Gasteiger partial charge in [0.05, 0.1) is 38.1 Å². The molecule has 10 nitrogen and oxygen atoms in total. The van der Waals surface area contributed by atoms with Crippen LogP contribution < -0.4 is 25.4 Å². The first kappa shape index (κ1) is 26.8. The van der Waals surface area contributed by atoms with Crippen molar-refractivity contribution in [2.45, 2.75) is 13.0 Å². The highest BCUT2D eigenvalue weighted by Crippen LogP contribution is 2.32. The summed E-state index contributed by atoms with van der Waals surface area (Å²) in [6.07, 6.45) is 0. The summed E-state index contributed by atoms with van der Waals surface area (Å²) >= 11 is 5.45. The van der Waals surface area contributed by atoms with Crippen LogP contribution in [0.1, 0.15) is 18.5 Å². The molecule has 11 heteroatoms. The molecule has 0 saturated heterocycles. The maximum Gasteiger partial charge on any atom is 0.338 e. The van der Waals surface area contributed by atoms with E-state index in [4.69, 9.17) is 31.2 Å². The summed E-state index contributed by atoms with van der Waals surface area (Å²) in [6, 6.07) is 11.2. The molecular weight excluding hydrogens is 484 g/mol. The Kier molecular flexibility index (Phi) is 9.09. The molecular formula is C25H30N4O6S. The van der Waals surface area contributed by atoms with Gasteiger partial charge in [-0.1, -0.05) is 12.1 Å². The summed E-state index contributed by atoms with van der Waals surface area (Å²) in [7, 11) is 6.37. The molecule has 0 aliphatic carbocycles. The molecule has 192 valence electrons. The number of benzene rings is 2. The van der Waals surface area contributed by atoms with E-state index in [-0.39, 0.29) is 13.2 Å². The number of nitrogens with zero attached hydrogens (tertiary/aromatic N) is 1. The molecule has 2 aromatic carbocycles. The predicted molar refractivity (Wildman–Crippen MR) is 140 cm³/mol. The van der Waals surface area contributed by atoms with Crippen molar-refractivity contribution in [1.82, 2.24) is 10.2 Å². The van der Waals surface area contributed by atoms with E-state index in [0.717, 1.165) is 5.56 Å². The summed E-state index contributed by atoms with van der Waals surface area (Å²) in [4.78, 5) is 27.4. The zero-order valence-corrected chi connectivity index (χ0v) is 21.7. The molecule has 3 N–H and O–H groups in total. The summed E-state index contributed by atoms with van der Waals surface area (Å²) in [6.45, 7) is 2.23. The first-order valence-electron chi connectivity index (χ1n) is 11.1. The normalized spacial score (nSPS) is 15.2. The van der Waals surface area contributed by atoms with Crippen molar-refractivity contribution >= 4 is 40.7 Å². The average molecular weight is 515 g/mol. The minimum absolute atomic E-state index is 0.129. The number of carbonyl (C=O) groups is 2. The molecule has 1 atom stereocenters. The largest absolute Gasteiger partial charge is 0.497 e. The number of urea groups is 1. The second kappa shape index (κ2) is 12.2. The Hall–Kier alpha value is -3.83. The number of rotatable bonds is 9. The zero-order valence-electron chi connectivity index (χ0n) is 20.8. The van der Waals surface area contributed by atoms with Crippen LogP contribution in [0.25, 0.3) is 0 Å². The molecule has 1 unspecified atom stereocenters. The van der Waals surface area contributed by atoms with Gasteiger partial charge in [0.15, 0.2) is 5.11 Å². The molecule has 1 aliphatic rings. The van der Waals surface area contributed by atoms with E-state index in [2.05, 4.69) is 16.0 Å². The van der Waals surface area contributed by atoms with E-state index in [1.807, 2.05) is 13.0 Å². The summed E-state index contributed by atoms with van der Waals surface area (Å²) in [5.41, 5.74) is 2.83. The van der Waals surface area contributed by atoms with Crippen molar-refractivity contribution in [2.75, 3.05) is 52.2 Å². The number of nitrogens with one attached hydrogen (secondary N) is 3. The molecule has 0 saturated carbocycles. The third kappa shape index (κ3) is 6.23. The maximum absolute atomic E-state index is 12.9. The van der Waals surface area contributed by atoms with Gasteiger partial charge in [0.25, 0.3) is 0 Å². The van der Waals surface area contributed by atoms with Crippen molar-refractivity contribution in [3.05, 3.63) is 59.3 Å². The Balaban J connectivity index is 1.81. The standard InChI is InChI=1S/C25H30N4O6S/c1-15-21(23(30)35-12-11-32-3)22(28-25(36)29(15)2)16-7-6-8-17(13-16)26-24(31)27-19-10-9-18(33-4)14-20(19)34-5/h6-10,13-14,22H,11-12H2,1-5H3,(H,28,36)(H2,26,27,31). The second-order valence-electron chi connectivity index (χ2n) is 7.84. The maximum atomic E-state index is 12.9. The molecule has 0 bridgehead atoms. The van der Waals surface area contributed by atoms with Gasteiger partial charge in [-0.05, 0) is 49.0 Å². The smallest absolute Gasteiger partial charge is 0.338 e. The van der Waals surface area contributed by atoms with E-state index < -0.39 is 18.0 Å². The van der Waals surface area contributed by atoms with Crippen LogP contribution in [0, 0.1) is 0 Å². The number of hydrogen-bond acceptors (Lipinski definition) is 7. The van der Waals surface area contributed by atoms with Crippen LogP contribution in [-0.2, 0) is 14.3 Å². The highest BCUT2D eigenvalue weighted by molar-refractivity contribution is 7.80. The van der Waals surface area contributed by atoms with Crippen molar-refractivity contribution in [3.8, 4) is 11.5 Å². The average Bonchev–Trinajstić information content (AvgIpc) is 2.87. The highest BCUT2D eigenvalue weighted by atomic mass is 32.1. The van der Waals surface area contributed by atoms with Gasteiger partial charge in [-0.2, -0.15) is 0 Å². The van der Waals surface area contributed by atoms with Gasteiger partial charge in [-0.15, -0.1) is 0 Å². The molecule has 0 spiro atoms. The van der Waals surface area contributed by atoms with Crippen LogP contribution in [0.3, 0.4) is 0 Å². The Labute approximate surface area is 215 Å². The molecule has 1 heterocycles. The topological polar surface area (TPSA) is 110 Å². The molecule has 0 fully saturated rings. The SMILES string of the molecule is COCCOC(=O)C1=C(C)N(C)C(=S)NC1c1cccc(NC(=O)Nc2ccc(OC)cc2OC)c1. The third-order valence-corrected chi connectivity index (χ3v) is 6.02. The third-order valence-electron chi connectivity index (χ3n) is 5.63. The number of hydrogen-bond donors (Lipinski definition) is 3. The fraction of sp³-hybridized carbons (Fsp3) is 0.320. The van der Waals surface area contributed by atoms with Gasteiger partial charge in [0, 0.05) is 31.6 Å². The Morgan fingerprint density at radius 1 is 1.06 bits per heavy atom. The van der Waals surface area contributed by atoms with Gasteiger partial charge >= 0.3 is 12.0 Å². The summed E-state index contributed by atoms with van der Waals surface area (Å²) in [5.74, 6) is 0.590. The van der Waals surface area contributed by atoms with Gasteiger partial charge in [0.1, 0.15) is 18.1 Å². The molecule has 36 heavy (non-hydrogen) atoms. The van der Waals surface area contributed by atoms with E-state index in [1.165, 1.54) is 14.2 Å².